The first-order chi connectivity index (χ1) is 11.0. The van der Waals surface area contributed by atoms with Gasteiger partial charge >= 0.3 is 0 Å². The van der Waals surface area contributed by atoms with Gasteiger partial charge in [0.05, 0.1) is 5.66 Å². The van der Waals surface area contributed by atoms with E-state index in [0.717, 1.165) is 32.2 Å². The van der Waals surface area contributed by atoms with E-state index in [1.807, 2.05) is 38.1 Å². The third kappa shape index (κ3) is 2.23. The van der Waals surface area contributed by atoms with Gasteiger partial charge in [0.25, 0.3) is 0 Å². The van der Waals surface area contributed by atoms with Crippen LogP contribution in [0.4, 0.5) is 0 Å². The Kier molecular flexibility index (Phi) is 3.09. The van der Waals surface area contributed by atoms with Crippen molar-refractivity contribution >= 4 is 27.3 Å². The molecule has 5 N–H and O–H groups in total. The summed E-state index contributed by atoms with van der Waals surface area (Å²) >= 11 is 0. The Morgan fingerprint density at radius 2 is 1.88 bits per heavy atom. The average Bonchev–Trinajstić information content (AvgIpc) is 2.68. The standard InChI is InChI=1S/C19H24N2O2S/c1-17(2)10-19(20,21)9-13-11-5-6-14-12(7-8-18(3,4)23-14)15(11)24(22)16(13)17/h5-9,22H,10,20-21H2,1-4H3. The molecule has 4 nitrogen and oxygen atoms in total. The van der Waals surface area contributed by atoms with Crippen molar-refractivity contribution in [3.63, 3.8) is 0 Å². The Labute approximate surface area is 145 Å². The van der Waals surface area contributed by atoms with Crippen molar-refractivity contribution in [1.82, 2.24) is 0 Å². The minimum Gasteiger partial charge on any atom is -0.483 e. The molecule has 4 rings (SSSR count). The highest BCUT2D eigenvalue weighted by atomic mass is 32.2. The summed E-state index contributed by atoms with van der Waals surface area (Å²) in [4.78, 5) is 1.97. The summed E-state index contributed by atoms with van der Waals surface area (Å²) in [6.45, 7) is 8.26. The monoisotopic (exact) mass is 344 g/mol. The van der Waals surface area contributed by atoms with Gasteiger partial charge in [-0.3, -0.25) is 0 Å². The SMILES string of the molecule is CC1(C)C=Cc2c(ccc3c2S(O)=C2C3=CC(N)(N)CC2(C)C)O1. The topological polar surface area (TPSA) is 81.5 Å². The minimum absolute atomic E-state index is 0.254. The van der Waals surface area contributed by atoms with Crippen molar-refractivity contribution in [2.45, 2.75) is 50.3 Å². The fourth-order valence-corrected chi connectivity index (χ4v) is 6.05. The molecule has 1 aromatic rings. The Balaban J connectivity index is 2.00. The molecule has 1 aromatic carbocycles. The molecule has 1 aliphatic carbocycles. The van der Waals surface area contributed by atoms with E-state index in [-0.39, 0.29) is 11.0 Å². The average molecular weight is 344 g/mol. The quantitative estimate of drug-likeness (QED) is 0.496. The molecule has 0 bridgehead atoms. The van der Waals surface area contributed by atoms with Gasteiger partial charge in [0.2, 0.25) is 0 Å². The zero-order valence-electron chi connectivity index (χ0n) is 14.5. The van der Waals surface area contributed by atoms with Crippen molar-refractivity contribution in [2.75, 3.05) is 0 Å². The molecule has 0 saturated heterocycles. The normalized spacial score (nSPS) is 27.7. The Bertz CT molecular complexity index is 860. The van der Waals surface area contributed by atoms with Crippen molar-refractivity contribution in [3.05, 3.63) is 35.4 Å². The maximum Gasteiger partial charge on any atom is 0.129 e. The second-order valence-electron chi connectivity index (χ2n) is 8.24. The molecule has 3 aliphatic rings. The van der Waals surface area contributed by atoms with Gasteiger partial charge in [-0.05, 0) is 66.5 Å². The predicted molar refractivity (Wildman–Crippen MR) is 101 cm³/mol. The van der Waals surface area contributed by atoms with Crippen LogP contribution in [0.15, 0.2) is 29.2 Å². The second-order valence-corrected chi connectivity index (χ2v) is 9.62. The fraction of sp³-hybridized carbons (Fsp3) is 0.421. The summed E-state index contributed by atoms with van der Waals surface area (Å²) in [7, 11) is -0.975. The highest BCUT2D eigenvalue weighted by Crippen LogP contribution is 2.55. The van der Waals surface area contributed by atoms with E-state index in [1.54, 1.807) is 0 Å². The molecular weight excluding hydrogens is 320 g/mol. The van der Waals surface area contributed by atoms with Gasteiger partial charge < -0.3 is 20.8 Å². The van der Waals surface area contributed by atoms with Gasteiger partial charge in [0, 0.05) is 20.7 Å². The smallest absolute Gasteiger partial charge is 0.129 e. The molecule has 128 valence electrons. The van der Waals surface area contributed by atoms with E-state index < -0.39 is 16.4 Å². The predicted octanol–water partition coefficient (Wildman–Crippen LogP) is 3.58. The summed E-state index contributed by atoms with van der Waals surface area (Å²) in [5, 5.41) is 0. The van der Waals surface area contributed by atoms with E-state index in [0.29, 0.717) is 6.42 Å². The Morgan fingerprint density at radius 1 is 1.17 bits per heavy atom. The van der Waals surface area contributed by atoms with Crippen LogP contribution < -0.4 is 16.2 Å². The lowest BCUT2D eigenvalue weighted by Crippen LogP contribution is -2.54. The lowest BCUT2D eigenvalue weighted by atomic mass is 9.71. The summed E-state index contributed by atoms with van der Waals surface area (Å²) in [5.74, 6) is 0.817. The fourth-order valence-electron chi connectivity index (χ4n) is 4.11. The number of nitrogens with two attached hydrogens (primary N) is 2. The Hall–Kier alpha value is -1.40. The first-order valence-electron chi connectivity index (χ1n) is 8.18. The van der Waals surface area contributed by atoms with Crippen LogP contribution in [-0.4, -0.2) is 20.7 Å². The lowest BCUT2D eigenvalue weighted by Gasteiger charge is -2.39. The highest BCUT2D eigenvalue weighted by Gasteiger charge is 2.44. The van der Waals surface area contributed by atoms with Gasteiger partial charge in [-0.1, -0.05) is 19.9 Å². The van der Waals surface area contributed by atoms with Crippen LogP contribution in [0.2, 0.25) is 0 Å². The van der Waals surface area contributed by atoms with Crippen LogP contribution in [0.1, 0.15) is 45.2 Å². The van der Waals surface area contributed by atoms with E-state index in [9.17, 15) is 4.55 Å². The van der Waals surface area contributed by atoms with Crippen molar-refractivity contribution < 1.29 is 9.29 Å². The molecule has 24 heavy (non-hydrogen) atoms. The highest BCUT2D eigenvalue weighted by molar-refractivity contribution is 8.12. The first-order valence-corrected chi connectivity index (χ1v) is 9.36. The molecule has 0 radical (unpaired) electrons. The van der Waals surface area contributed by atoms with Crippen LogP contribution in [0, 0.1) is 5.41 Å². The van der Waals surface area contributed by atoms with Gasteiger partial charge in [0.15, 0.2) is 0 Å². The summed E-state index contributed by atoms with van der Waals surface area (Å²) in [6, 6.07) is 4.01. The molecule has 1 unspecified atom stereocenters. The third-order valence-corrected chi connectivity index (χ3v) is 6.86. The molecule has 2 heterocycles. The van der Waals surface area contributed by atoms with Crippen molar-refractivity contribution in [1.29, 1.82) is 0 Å². The van der Waals surface area contributed by atoms with Gasteiger partial charge in [-0.15, -0.1) is 0 Å². The number of rotatable bonds is 0. The lowest BCUT2D eigenvalue weighted by molar-refractivity contribution is 0.158. The van der Waals surface area contributed by atoms with Crippen LogP contribution in [0.5, 0.6) is 5.75 Å². The number of allylic oxidation sites excluding steroid dienone is 1. The number of ether oxygens (including phenoxy) is 1. The number of hydrogen-bond acceptors (Lipinski definition) is 4. The number of benzene rings is 1. The number of hydrogen-bond donors (Lipinski definition) is 3. The maximum atomic E-state index is 11.1. The molecular formula is C19H24N2O2S. The summed E-state index contributed by atoms with van der Waals surface area (Å²) in [6.07, 6.45) is 6.63. The largest absolute Gasteiger partial charge is 0.483 e. The van der Waals surface area contributed by atoms with Crippen LogP contribution in [-0.2, 0) is 0 Å². The zero-order valence-corrected chi connectivity index (χ0v) is 15.3. The molecule has 2 aliphatic heterocycles. The zero-order chi connectivity index (χ0) is 17.5. The third-order valence-electron chi connectivity index (χ3n) is 4.88. The molecule has 1 atom stereocenters. The van der Waals surface area contributed by atoms with E-state index in [4.69, 9.17) is 16.2 Å². The van der Waals surface area contributed by atoms with Gasteiger partial charge in [0.1, 0.15) is 11.4 Å². The van der Waals surface area contributed by atoms with E-state index >= 15 is 0 Å². The van der Waals surface area contributed by atoms with Crippen LogP contribution in [0.25, 0.3) is 11.6 Å². The molecule has 0 saturated carbocycles. The molecule has 0 spiro atoms. The summed E-state index contributed by atoms with van der Waals surface area (Å²) < 4.78 is 17.2. The Morgan fingerprint density at radius 3 is 2.58 bits per heavy atom. The van der Waals surface area contributed by atoms with Gasteiger partial charge in [-0.2, -0.15) is 0 Å². The van der Waals surface area contributed by atoms with Crippen molar-refractivity contribution in [3.8, 4) is 5.75 Å². The van der Waals surface area contributed by atoms with Crippen LogP contribution >= 0.6 is 10.8 Å². The molecule has 0 fully saturated rings. The van der Waals surface area contributed by atoms with Gasteiger partial charge in [-0.25, -0.2) is 0 Å². The number of fused-ring (bicyclic) bond motifs is 5. The molecule has 5 heteroatoms. The van der Waals surface area contributed by atoms with E-state index in [1.165, 1.54) is 0 Å². The van der Waals surface area contributed by atoms with Crippen molar-refractivity contribution in [2.24, 2.45) is 16.9 Å². The summed E-state index contributed by atoms with van der Waals surface area (Å²) in [5.41, 5.74) is 14.0. The molecule has 0 amide bonds. The van der Waals surface area contributed by atoms with E-state index in [2.05, 4.69) is 19.9 Å². The van der Waals surface area contributed by atoms with Crippen LogP contribution in [0.3, 0.4) is 0 Å². The molecule has 0 aromatic heterocycles. The first kappa shape index (κ1) is 16.1. The second kappa shape index (κ2) is 4.61. The maximum absolute atomic E-state index is 11.1. The minimum atomic E-state index is -0.975.